The molecule has 0 radical (unpaired) electrons. The quantitative estimate of drug-likeness (QED) is 0.385. The minimum absolute atomic E-state index is 0.179. The Balaban J connectivity index is 1.32. The topological polar surface area (TPSA) is 124 Å². The van der Waals surface area contributed by atoms with Gasteiger partial charge in [0, 0.05) is 30.2 Å². The van der Waals surface area contributed by atoms with Crippen LogP contribution in [0.3, 0.4) is 0 Å². The van der Waals surface area contributed by atoms with Crippen LogP contribution in [0.4, 0.5) is 0 Å². The van der Waals surface area contributed by atoms with E-state index >= 15 is 0 Å². The predicted octanol–water partition coefficient (Wildman–Crippen LogP) is 2.42. The lowest BCUT2D eigenvalue weighted by Crippen LogP contribution is -2.45. The van der Waals surface area contributed by atoms with Gasteiger partial charge < -0.3 is 29.7 Å². The zero-order valence-corrected chi connectivity index (χ0v) is 22.7. The molecule has 2 atom stereocenters. The maximum atomic E-state index is 13.7. The minimum atomic E-state index is -0.505. The van der Waals surface area contributed by atoms with Crippen molar-refractivity contribution in [2.75, 3.05) is 26.8 Å². The van der Waals surface area contributed by atoms with Crippen molar-refractivity contribution in [1.82, 2.24) is 24.9 Å². The molecule has 1 saturated heterocycles. The fraction of sp³-hybridized carbons (Fsp3) is 0.286. The molecule has 3 aliphatic rings. The molecule has 4 bridgehead atoms. The lowest BCUT2D eigenvalue weighted by Gasteiger charge is -2.21. The Labute approximate surface area is 233 Å². The first-order valence-electron chi connectivity index (χ1n) is 12.7. The molecule has 3 amide bonds. The first-order chi connectivity index (χ1) is 19.4. The third kappa shape index (κ3) is 4.93. The van der Waals surface area contributed by atoms with Crippen molar-refractivity contribution < 1.29 is 28.6 Å². The van der Waals surface area contributed by atoms with E-state index < -0.39 is 12.1 Å². The average molecular weight is 562 g/mol. The van der Waals surface area contributed by atoms with E-state index in [0.29, 0.717) is 35.0 Å². The summed E-state index contributed by atoms with van der Waals surface area (Å²) in [6.45, 7) is 2.42. The van der Waals surface area contributed by atoms with Crippen LogP contribution in [0.5, 0.6) is 17.2 Å². The van der Waals surface area contributed by atoms with Crippen molar-refractivity contribution in [2.24, 2.45) is 0 Å². The highest BCUT2D eigenvalue weighted by atomic mass is 32.1. The molecule has 1 fully saturated rings. The van der Waals surface area contributed by atoms with Crippen molar-refractivity contribution >= 4 is 34.0 Å². The number of carbonyl (C=O) groups is 3. The molecule has 5 heterocycles. The SMILES string of the molecule is COc1ccc2cc1OCC(=O)NCc1ccc(cc1)O[C@H]1CN(C(=O)c3c(C)nc4sccn34)C[C@@H]1NC2=O. The molecule has 7 rings (SSSR count). The van der Waals surface area contributed by atoms with E-state index in [4.69, 9.17) is 14.2 Å². The molecule has 2 aromatic carbocycles. The Bertz CT molecular complexity index is 1600. The summed E-state index contributed by atoms with van der Waals surface area (Å²) in [7, 11) is 1.49. The van der Waals surface area contributed by atoms with E-state index in [1.54, 1.807) is 21.4 Å². The van der Waals surface area contributed by atoms with Crippen LogP contribution in [-0.4, -0.2) is 71.0 Å². The van der Waals surface area contributed by atoms with Gasteiger partial charge in [-0.2, -0.15) is 0 Å². The van der Waals surface area contributed by atoms with Crippen LogP contribution < -0.4 is 24.8 Å². The fourth-order valence-corrected chi connectivity index (χ4v) is 5.70. The second kappa shape index (κ2) is 10.5. The summed E-state index contributed by atoms with van der Waals surface area (Å²) in [5.41, 5.74) is 2.35. The number of nitrogens with one attached hydrogen (secondary N) is 2. The molecule has 3 aliphatic heterocycles. The predicted molar refractivity (Wildman–Crippen MR) is 146 cm³/mol. The van der Waals surface area contributed by atoms with E-state index in [2.05, 4.69) is 15.6 Å². The number of carbonyl (C=O) groups excluding carboxylic acids is 3. The number of thiazole rings is 1. The van der Waals surface area contributed by atoms with E-state index in [0.717, 1.165) is 10.5 Å². The van der Waals surface area contributed by atoms with E-state index in [1.165, 1.54) is 24.5 Å². The molecule has 12 heteroatoms. The molecule has 40 heavy (non-hydrogen) atoms. The molecule has 0 saturated carbocycles. The summed E-state index contributed by atoms with van der Waals surface area (Å²) < 4.78 is 19.2. The van der Waals surface area contributed by atoms with Crippen LogP contribution in [-0.2, 0) is 11.3 Å². The van der Waals surface area contributed by atoms with Gasteiger partial charge in [-0.15, -0.1) is 11.3 Å². The van der Waals surface area contributed by atoms with Crippen LogP contribution in [0.2, 0.25) is 0 Å². The van der Waals surface area contributed by atoms with Gasteiger partial charge in [0.25, 0.3) is 17.7 Å². The van der Waals surface area contributed by atoms with Crippen LogP contribution in [0.15, 0.2) is 54.0 Å². The van der Waals surface area contributed by atoms with Crippen molar-refractivity contribution in [3.8, 4) is 17.2 Å². The number of aryl methyl sites for hydroxylation is 1. The Morgan fingerprint density at radius 1 is 1.15 bits per heavy atom. The Kier molecular flexibility index (Phi) is 6.76. The monoisotopic (exact) mass is 561 g/mol. The van der Waals surface area contributed by atoms with Gasteiger partial charge in [-0.25, -0.2) is 4.98 Å². The summed E-state index contributed by atoms with van der Waals surface area (Å²) >= 11 is 1.46. The van der Waals surface area contributed by atoms with Gasteiger partial charge in [0.2, 0.25) is 0 Å². The number of aromatic nitrogens is 2. The first kappa shape index (κ1) is 25.7. The standard InChI is InChI=1S/C28H27N5O6S/c1-16-25(33-9-10-40-28(33)30-16)27(36)32-13-20-23(14-32)39-19-6-3-17(4-7-19)12-29-24(34)15-38-22-11-18(26(35)31-20)5-8-21(22)37-2/h3-11,20,23H,12-15H2,1-2H3,(H,29,34)(H,31,35)/t20-,23-/m0/s1. The highest BCUT2D eigenvalue weighted by Crippen LogP contribution is 2.29. The number of ether oxygens (including phenoxy) is 3. The number of nitrogens with zero attached hydrogens (tertiary/aromatic N) is 3. The lowest BCUT2D eigenvalue weighted by atomic mass is 10.1. The van der Waals surface area contributed by atoms with Crippen LogP contribution in [0.1, 0.15) is 32.1 Å². The van der Waals surface area contributed by atoms with Crippen LogP contribution >= 0.6 is 11.3 Å². The van der Waals surface area contributed by atoms with Gasteiger partial charge in [-0.1, -0.05) is 12.1 Å². The average Bonchev–Trinajstić information content (AvgIpc) is 3.65. The Morgan fingerprint density at radius 2 is 1.98 bits per heavy atom. The third-order valence-corrected chi connectivity index (χ3v) is 7.75. The number of rotatable bonds is 2. The number of methoxy groups -OCH3 is 1. The minimum Gasteiger partial charge on any atom is -0.493 e. The molecule has 206 valence electrons. The van der Waals surface area contributed by atoms with E-state index in [9.17, 15) is 14.4 Å². The molecular weight excluding hydrogens is 534 g/mol. The van der Waals surface area contributed by atoms with Crippen molar-refractivity contribution in [1.29, 1.82) is 0 Å². The Hall–Kier alpha value is -4.58. The largest absolute Gasteiger partial charge is 0.493 e. The van der Waals surface area contributed by atoms with Crippen LogP contribution in [0.25, 0.3) is 4.96 Å². The van der Waals surface area contributed by atoms with Gasteiger partial charge in [0.05, 0.1) is 25.4 Å². The van der Waals surface area contributed by atoms with Gasteiger partial charge >= 0.3 is 0 Å². The number of likely N-dealkylation sites (tertiary alicyclic amines) is 1. The molecule has 11 nitrogen and oxygen atoms in total. The van der Waals surface area contributed by atoms with Crippen LogP contribution in [0, 0.1) is 6.92 Å². The maximum Gasteiger partial charge on any atom is 0.273 e. The number of fused-ring (bicyclic) bond motifs is 8. The molecule has 2 N–H and O–H groups in total. The Morgan fingerprint density at radius 3 is 2.77 bits per heavy atom. The summed E-state index contributed by atoms with van der Waals surface area (Å²) in [5, 5.41) is 7.75. The smallest absolute Gasteiger partial charge is 0.273 e. The zero-order chi connectivity index (χ0) is 27.8. The van der Waals surface area contributed by atoms with Gasteiger partial charge in [0.1, 0.15) is 17.5 Å². The van der Waals surface area contributed by atoms with Crippen molar-refractivity contribution in [3.63, 3.8) is 0 Å². The molecular formula is C28H27N5O6S. The number of hydrogen-bond acceptors (Lipinski definition) is 8. The second-order valence-electron chi connectivity index (χ2n) is 9.62. The lowest BCUT2D eigenvalue weighted by molar-refractivity contribution is -0.123. The van der Waals surface area contributed by atoms with Gasteiger partial charge in [0.15, 0.2) is 23.1 Å². The number of benzene rings is 2. The molecule has 0 spiro atoms. The number of amides is 3. The van der Waals surface area contributed by atoms with Gasteiger partial charge in [-0.3, -0.25) is 18.8 Å². The highest BCUT2D eigenvalue weighted by Gasteiger charge is 2.39. The van der Waals surface area contributed by atoms with Crippen molar-refractivity contribution in [2.45, 2.75) is 25.6 Å². The molecule has 2 aromatic heterocycles. The van der Waals surface area contributed by atoms with E-state index in [-0.39, 0.29) is 43.2 Å². The summed E-state index contributed by atoms with van der Waals surface area (Å²) in [6, 6.07) is 11.6. The normalized spacial score (nSPS) is 19.3. The number of imidazole rings is 1. The molecule has 0 aliphatic carbocycles. The van der Waals surface area contributed by atoms with Crippen molar-refractivity contribution in [3.05, 3.63) is 76.6 Å². The zero-order valence-electron chi connectivity index (χ0n) is 21.9. The molecule has 0 unspecified atom stereocenters. The highest BCUT2D eigenvalue weighted by molar-refractivity contribution is 7.15. The number of hydrogen-bond donors (Lipinski definition) is 2. The first-order valence-corrected chi connectivity index (χ1v) is 13.6. The summed E-state index contributed by atoms with van der Waals surface area (Å²) in [5.74, 6) is 0.396. The second-order valence-corrected chi connectivity index (χ2v) is 10.5. The summed E-state index contributed by atoms with van der Waals surface area (Å²) in [4.78, 5) is 46.4. The van der Waals surface area contributed by atoms with Gasteiger partial charge in [-0.05, 0) is 42.8 Å². The fourth-order valence-electron chi connectivity index (χ4n) is 4.94. The summed E-state index contributed by atoms with van der Waals surface area (Å²) in [6.07, 6.45) is 1.33. The third-order valence-electron chi connectivity index (χ3n) is 6.99. The van der Waals surface area contributed by atoms with E-state index in [1.807, 2.05) is 42.8 Å². The maximum absolute atomic E-state index is 13.7. The molecule has 4 aromatic rings.